The van der Waals surface area contributed by atoms with Gasteiger partial charge in [0, 0.05) is 22.6 Å². The van der Waals surface area contributed by atoms with E-state index in [0.717, 1.165) is 0 Å². The maximum Gasteiger partial charge on any atom is 0.286 e. The van der Waals surface area contributed by atoms with Gasteiger partial charge in [-0.05, 0) is 18.2 Å². The smallest absolute Gasteiger partial charge is 0.286 e. The molecule has 3 aromatic rings. The van der Waals surface area contributed by atoms with E-state index >= 15 is 0 Å². The zero-order chi connectivity index (χ0) is 15.7. The molecule has 112 valence electrons. The second-order valence-electron chi connectivity index (χ2n) is 4.82. The lowest BCUT2D eigenvalue weighted by Gasteiger charge is -2.14. The number of aliphatic hydroxyl groups is 1. The molecular formula is C15H13N3O4. The van der Waals surface area contributed by atoms with Crippen LogP contribution >= 0.6 is 0 Å². The van der Waals surface area contributed by atoms with E-state index in [0.29, 0.717) is 19.5 Å². The summed E-state index contributed by atoms with van der Waals surface area (Å²) in [7, 11) is 0. The average molecular weight is 299 g/mol. The van der Waals surface area contributed by atoms with Gasteiger partial charge >= 0.3 is 0 Å². The van der Waals surface area contributed by atoms with Crippen molar-refractivity contribution >= 4 is 28.3 Å². The summed E-state index contributed by atoms with van der Waals surface area (Å²) in [5.74, 6) is 0. The van der Waals surface area contributed by atoms with Crippen LogP contribution in [0.3, 0.4) is 0 Å². The van der Waals surface area contributed by atoms with Gasteiger partial charge in [0.25, 0.3) is 11.0 Å². The highest BCUT2D eigenvalue weighted by atomic mass is 16.5. The van der Waals surface area contributed by atoms with E-state index in [1.807, 2.05) is 0 Å². The zero-order valence-electron chi connectivity index (χ0n) is 11.5. The number of hydrogen-bond acceptors (Lipinski definition) is 4. The Morgan fingerprint density at radius 1 is 1.18 bits per heavy atom. The Labute approximate surface area is 124 Å². The maximum atomic E-state index is 12.4. The molecule has 0 aliphatic heterocycles. The summed E-state index contributed by atoms with van der Waals surface area (Å²) < 4.78 is 1.95. The van der Waals surface area contributed by atoms with Crippen LogP contribution < -0.4 is 4.43 Å². The molecule has 0 amide bonds. The first-order chi connectivity index (χ1) is 10.6. The van der Waals surface area contributed by atoms with Crippen LogP contribution in [0.5, 0.6) is 0 Å². The Hall–Kier alpha value is -2.93. The van der Waals surface area contributed by atoms with Crippen LogP contribution in [-0.2, 0) is 0 Å². The van der Waals surface area contributed by atoms with E-state index in [1.165, 1.54) is 18.3 Å². The van der Waals surface area contributed by atoms with Gasteiger partial charge in [0.15, 0.2) is 12.8 Å². The molecule has 0 radical (unpaired) electrons. The van der Waals surface area contributed by atoms with E-state index in [9.17, 15) is 15.3 Å². The van der Waals surface area contributed by atoms with Crippen molar-refractivity contribution in [1.82, 2.24) is 4.73 Å². The van der Waals surface area contributed by atoms with Crippen LogP contribution in [0.4, 0.5) is 0 Å². The van der Waals surface area contributed by atoms with Gasteiger partial charge < -0.3 is 20.3 Å². The first kappa shape index (κ1) is 14.0. The molecule has 3 rings (SSSR count). The van der Waals surface area contributed by atoms with Gasteiger partial charge in [0.05, 0.1) is 4.43 Å². The van der Waals surface area contributed by atoms with E-state index in [2.05, 4.69) is 0 Å². The molecule has 0 bridgehead atoms. The summed E-state index contributed by atoms with van der Waals surface area (Å²) in [5.41, 5.74) is 1.44. The summed E-state index contributed by atoms with van der Waals surface area (Å²) in [6, 6.07) is 11.1. The summed E-state index contributed by atoms with van der Waals surface area (Å²) >= 11 is 0. The molecule has 1 aromatic heterocycles. The molecule has 2 aromatic carbocycles. The maximum absolute atomic E-state index is 12.4. The predicted octanol–water partition coefficient (Wildman–Crippen LogP) is 0.976. The molecule has 7 nitrogen and oxygen atoms in total. The summed E-state index contributed by atoms with van der Waals surface area (Å²) in [4.78, 5) is 12.3. The highest BCUT2D eigenvalue weighted by Crippen LogP contribution is 2.17. The average Bonchev–Trinajstić information content (AvgIpc) is 2.53. The Morgan fingerprint density at radius 3 is 2.68 bits per heavy atom. The first-order valence-electron chi connectivity index (χ1n) is 6.69. The van der Waals surface area contributed by atoms with Crippen molar-refractivity contribution in [3.63, 3.8) is 0 Å². The minimum atomic E-state index is -0.264. The van der Waals surface area contributed by atoms with Crippen molar-refractivity contribution in [2.45, 2.75) is 0 Å². The third-order valence-electron chi connectivity index (χ3n) is 3.37. The number of rotatable bonds is 3. The van der Waals surface area contributed by atoms with Crippen molar-refractivity contribution in [3.8, 4) is 0 Å². The number of aromatic nitrogens is 2. The van der Waals surface area contributed by atoms with Crippen molar-refractivity contribution in [1.29, 1.82) is 0 Å². The third-order valence-corrected chi connectivity index (χ3v) is 3.37. The number of fused-ring (bicyclic) bond motifs is 2. The first-order valence-corrected chi connectivity index (χ1v) is 6.69. The van der Waals surface area contributed by atoms with E-state index in [4.69, 9.17) is 5.11 Å². The fraction of sp³-hybridized carbons (Fsp3) is 0.133. The topological polar surface area (TPSA) is 97.3 Å². The quantitative estimate of drug-likeness (QED) is 0.256. The number of nitrogens with zero attached hydrogens (tertiary/aromatic N) is 3. The number of aliphatic hydroxyl groups excluding tert-OH is 1. The monoisotopic (exact) mass is 299 g/mol. The number of hydroxylamine groups is 1. The second-order valence-corrected chi connectivity index (χ2v) is 4.82. The number of benzene rings is 2. The molecule has 1 heterocycles. The molecule has 0 atom stereocenters. The molecule has 0 aliphatic carbocycles. The molecule has 0 saturated carbocycles. The van der Waals surface area contributed by atoms with E-state index < -0.39 is 0 Å². The minimum Gasteiger partial charge on any atom is -0.805 e. The molecule has 0 saturated heterocycles. The zero-order valence-corrected chi connectivity index (χ0v) is 11.5. The van der Waals surface area contributed by atoms with Crippen LogP contribution in [0.25, 0.3) is 22.1 Å². The number of hydrogen-bond donors (Lipinski definition) is 1. The fourth-order valence-electron chi connectivity index (χ4n) is 2.35. The van der Waals surface area contributed by atoms with Gasteiger partial charge in [-0.1, -0.05) is 12.1 Å². The Morgan fingerprint density at radius 2 is 1.91 bits per heavy atom. The Bertz CT molecular complexity index is 947. The van der Waals surface area contributed by atoms with Gasteiger partial charge in [0.2, 0.25) is 0 Å². The fourth-order valence-corrected chi connectivity index (χ4v) is 2.35. The van der Waals surface area contributed by atoms with Crippen molar-refractivity contribution in [2.24, 2.45) is 0 Å². The predicted molar refractivity (Wildman–Crippen MR) is 82.3 cm³/mol. The highest BCUT2D eigenvalue weighted by molar-refractivity contribution is 5.88. The Balaban J connectivity index is 2.29. The van der Waals surface area contributed by atoms with Gasteiger partial charge in [-0.15, -0.1) is 0 Å². The minimum absolute atomic E-state index is 0.0608. The molecule has 7 heteroatoms. The van der Waals surface area contributed by atoms with Gasteiger partial charge in [-0.3, -0.25) is 0 Å². The normalized spacial score (nSPS) is 12.1. The molecule has 0 fully saturated rings. The lowest BCUT2D eigenvalue weighted by atomic mass is 10.2. The van der Waals surface area contributed by atoms with Gasteiger partial charge in [0.1, 0.15) is 17.6 Å². The van der Waals surface area contributed by atoms with Crippen LogP contribution in [-0.4, -0.2) is 33.9 Å². The van der Waals surface area contributed by atoms with Crippen molar-refractivity contribution in [2.75, 3.05) is 13.2 Å². The summed E-state index contributed by atoms with van der Waals surface area (Å²) in [6.07, 6.45) is 1.26. The summed E-state index contributed by atoms with van der Waals surface area (Å²) in [6.45, 7) is -0.324. The molecule has 0 unspecified atom stereocenters. The SMILES string of the molecule is O=[n+]1c2ccccc2n([O-])c2cc(/C=[N+](\[O-])CCO)ccc21. The van der Waals surface area contributed by atoms with Crippen LogP contribution in [0.1, 0.15) is 5.56 Å². The van der Waals surface area contributed by atoms with Crippen molar-refractivity contribution < 1.29 is 14.3 Å². The van der Waals surface area contributed by atoms with Crippen LogP contribution in [0, 0.1) is 15.3 Å². The van der Waals surface area contributed by atoms with Crippen LogP contribution in [0.15, 0.2) is 42.5 Å². The lowest BCUT2D eigenvalue weighted by molar-refractivity contribution is -0.455. The largest absolute Gasteiger partial charge is 0.805 e. The summed E-state index contributed by atoms with van der Waals surface area (Å²) in [5, 5.41) is 32.6. The lowest BCUT2D eigenvalue weighted by Crippen LogP contribution is -2.19. The van der Waals surface area contributed by atoms with Crippen LogP contribution in [0.2, 0.25) is 0 Å². The molecule has 22 heavy (non-hydrogen) atoms. The molecule has 0 spiro atoms. The standard InChI is InChI=1S/C15H13N3O4/c19-8-7-16(20)10-11-5-6-14-15(9-11)18(22)13-4-2-1-3-12(13)17(14)21/h1-6,9-10,19H,7-8H2/b16-10-. The van der Waals surface area contributed by atoms with Gasteiger partial charge in [-0.2, -0.15) is 0 Å². The molecule has 1 N–H and O–H groups in total. The Kier molecular flexibility index (Phi) is 3.48. The third kappa shape index (κ3) is 2.27. The molecule has 0 aliphatic rings. The van der Waals surface area contributed by atoms with E-state index in [1.54, 1.807) is 30.3 Å². The van der Waals surface area contributed by atoms with E-state index in [-0.39, 0.29) is 35.2 Å². The number of para-hydroxylation sites is 2. The van der Waals surface area contributed by atoms with Gasteiger partial charge in [-0.25, -0.2) is 4.74 Å². The second kappa shape index (κ2) is 5.45. The highest BCUT2D eigenvalue weighted by Gasteiger charge is 2.15. The molecular weight excluding hydrogens is 286 g/mol. The van der Waals surface area contributed by atoms with Crippen molar-refractivity contribution in [3.05, 3.63) is 63.3 Å².